The van der Waals surface area contributed by atoms with E-state index >= 15 is 0 Å². The van der Waals surface area contributed by atoms with E-state index in [9.17, 15) is 47.9 Å². The number of carbonyl (C=O) groups is 10. The van der Waals surface area contributed by atoms with Gasteiger partial charge in [-0.3, -0.25) is 47.9 Å². The Kier molecular flexibility index (Phi) is 61.2. The van der Waals surface area contributed by atoms with Crippen LogP contribution in [0.5, 0.6) is 0 Å². The molecule has 0 heterocycles. The highest BCUT2D eigenvalue weighted by atomic mass is 16.6. The Morgan fingerprint density at radius 3 is 0.581 bits per heavy atom. The smallest absolute Gasteiger partial charge is 0.319 e. The molecule has 93 heavy (non-hydrogen) atoms. The summed E-state index contributed by atoms with van der Waals surface area (Å²) in [6.45, 7) is 2.71. The summed E-state index contributed by atoms with van der Waals surface area (Å²) in [7, 11) is 0. The van der Waals surface area contributed by atoms with Crippen LogP contribution in [0.25, 0.3) is 0 Å². The first-order valence-corrected chi connectivity index (χ1v) is 33.5. The number of ether oxygens (including phenoxy) is 10. The molecular weight excluding hydrogens is 1200 g/mol. The lowest BCUT2D eigenvalue weighted by atomic mass is 10.2. The summed E-state index contributed by atoms with van der Waals surface area (Å²) >= 11 is 0. The van der Waals surface area contributed by atoms with Gasteiger partial charge in [-0.25, -0.2) is 0 Å². The Balaban J connectivity index is 3.55. The molecule has 1 N–H and O–H groups in total. The van der Waals surface area contributed by atoms with Gasteiger partial charge < -0.3 is 52.5 Å². The molecule has 0 aliphatic carbocycles. The Bertz CT molecular complexity index is 2490. The van der Waals surface area contributed by atoms with Crippen molar-refractivity contribution in [2.45, 2.75) is 257 Å². The lowest BCUT2D eigenvalue weighted by Crippen LogP contribution is -2.09. The van der Waals surface area contributed by atoms with Crippen LogP contribution < -0.4 is 0 Å². The molecule has 0 aliphatic rings. The van der Waals surface area contributed by atoms with Gasteiger partial charge in [-0.05, 0) is 216 Å². The van der Waals surface area contributed by atoms with Crippen LogP contribution in [0.15, 0.2) is 0 Å². The average Bonchev–Trinajstić information content (AvgIpc) is 3.60. The summed E-state index contributed by atoms with van der Waals surface area (Å²) in [6, 6.07) is 0. The maximum absolute atomic E-state index is 12.1. The first-order chi connectivity index (χ1) is 45.4. The molecule has 21 nitrogen and oxygen atoms in total. The number of aliphatic hydroxyl groups excluding tert-OH is 1. The molecule has 0 rings (SSSR count). The van der Waals surface area contributed by atoms with Crippen molar-refractivity contribution < 1.29 is 100 Å². The molecule has 0 spiro atoms. The minimum absolute atomic E-state index is 0.129. The first kappa shape index (κ1) is 85.0. The third kappa shape index (κ3) is 66.8. The van der Waals surface area contributed by atoms with Crippen molar-refractivity contribution in [3.63, 3.8) is 0 Å². The summed E-state index contributed by atoms with van der Waals surface area (Å²) in [4.78, 5) is 120. The van der Waals surface area contributed by atoms with Crippen LogP contribution in [-0.4, -0.2) is 131 Å². The van der Waals surface area contributed by atoms with Crippen LogP contribution >= 0.6 is 0 Å². The van der Waals surface area contributed by atoms with Crippen molar-refractivity contribution in [2.75, 3.05) is 66.1 Å². The molecular formula is C72H102O21. The third-order valence-electron chi connectivity index (χ3n) is 13.4. The fraction of sp³-hybridized carbons (Fsp3) is 0.694. The second-order valence-corrected chi connectivity index (χ2v) is 21.7. The third-order valence-corrected chi connectivity index (χ3v) is 13.4. The van der Waals surface area contributed by atoms with E-state index in [-0.39, 0.29) is 152 Å². The number of terminal acetylenes is 1. The standard InChI is InChI=1S/C72H102O21/c1-2-3-4-5-6-7-8-9-10-32-53-84-64(75)43-22-12-34-55-86-66(77)45-24-14-36-57-88-68(79)47-26-16-38-59-90-70(81)49-28-18-40-61-92-72(83)51-30-20-41-62-93-71(82)50-29-19-39-60-91-69(80)48-27-17-37-58-89-67(78)46-25-15-35-56-87-65(76)44-23-13-33-54-85-63(74)42-21-11-31-52-73/h1,73H,11-31,33-52,54-62H2. The quantitative estimate of drug-likeness (QED) is 0.0256. The maximum atomic E-state index is 12.1. The van der Waals surface area contributed by atoms with E-state index in [2.05, 4.69) is 65.3 Å². The van der Waals surface area contributed by atoms with Gasteiger partial charge in [0.2, 0.25) is 0 Å². The summed E-state index contributed by atoms with van der Waals surface area (Å²) in [5.74, 6) is 20.8. The normalized spacial score (nSPS) is 9.98. The van der Waals surface area contributed by atoms with Crippen molar-refractivity contribution in [1.29, 1.82) is 0 Å². The molecule has 0 radical (unpaired) electrons. The molecule has 0 saturated carbocycles. The van der Waals surface area contributed by atoms with Crippen molar-refractivity contribution in [3.05, 3.63) is 0 Å². The maximum Gasteiger partial charge on any atom is 0.319 e. The monoisotopic (exact) mass is 1300 g/mol. The number of aliphatic hydroxyl groups is 1. The van der Waals surface area contributed by atoms with Crippen LogP contribution in [0.2, 0.25) is 0 Å². The van der Waals surface area contributed by atoms with Gasteiger partial charge in [0, 0.05) is 100 Å². The number of carbonyl (C=O) groups excluding carboxylic acids is 10. The molecule has 516 valence electrons. The summed E-state index contributed by atoms with van der Waals surface area (Å²) < 4.78 is 52.2. The van der Waals surface area contributed by atoms with Gasteiger partial charge in [0.1, 0.15) is 6.11 Å². The van der Waals surface area contributed by atoms with Gasteiger partial charge in [0.15, 0.2) is 0 Å². The molecule has 0 aromatic carbocycles. The van der Waals surface area contributed by atoms with Crippen LogP contribution in [-0.2, 0) is 95.3 Å². The van der Waals surface area contributed by atoms with Crippen molar-refractivity contribution in [2.24, 2.45) is 0 Å². The van der Waals surface area contributed by atoms with E-state index in [0.29, 0.717) is 199 Å². The highest BCUT2D eigenvalue weighted by Crippen LogP contribution is 2.12. The van der Waals surface area contributed by atoms with E-state index in [1.165, 1.54) is 0 Å². The van der Waals surface area contributed by atoms with Gasteiger partial charge in [0.25, 0.3) is 0 Å². The van der Waals surface area contributed by atoms with Crippen LogP contribution in [0.1, 0.15) is 257 Å². The van der Waals surface area contributed by atoms with Gasteiger partial charge in [0.05, 0.1) is 59.5 Å². The van der Waals surface area contributed by atoms with Gasteiger partial charge in [-0.15, -0.1) is 6.42 Å². The zero-order valence-corrected chi connectivity index (χ0v) is 55.0. The molecule has 0 aliphatic heterocycles. The lowest BCUT2D eigenvalue weighted by molar-refractivity contribution is -0.146. The fourth-order valence-electron chi connectivity index (χ4n) is 8.23. The first-order valence-electron chi connectivity index (χ1n) is 33.5. The molecule has 0 atom stereocenters. The number of rotatable bonds is 59. The zero-order valence-electron chi connectivity index (χ0n) is 55.0. The van der Waals surface area contributed by atoms with Gasteiger partial charge in [-0.1, -0.05) is 6.42 Å². The molecule has 0 amide bonds. The number of esters is 10. The highest BCUT2D eigenvalue weighted by molar-refractivity contribution is 5.72. The van der Waals surface area contributed by atoms with Gasteiger partial charge >= 0.3 is 59.7 Å². The van der Waals surface area contributed by atoms with Crippen LogP contribution in [0.3, 0.4) is 0 Å². The van der Waals surface area contributed by atoms with E-state index in [1.54, 1.807) is 0 Å². The number of unbranched alkanes of at least 4 members (excludes halogenated alkanes) is 20. The summed E-state index contributed by atoms with van der Waals surface area (Å²) in [6.07, 6.45) is 30.0. The Hall–Kier alpha value is -7.98. The zero-order chi connectivity index (χ0) is 68.0. The molecule has 0 aromatic rings. The summed E-state index contributed by atoms with van der Waals surface area (Å²) in [5.41, 5.74) is 0. The molecule has 0 aromatic heterocycles. The Morgan fingerprint density at radius 1 is 0.215 bits per heavy atom. The van der Waals surface area contributed by atoms with E-state index in [1.807, 2.05) is 0 Å². The SMILES string of the molecule is C#CC#CC#CC#CC#CC#COC(=O)CCCCCOC(=O)CCCCCOC(=O)CCCCCOC(=O)CCCCCOC(=O)CCCCCOC(=O)CCCCCOC(=O)CCCCCOC(=O)CCCCCOC(=O)CCCCCOC(=O)CCCCCO. The average molecular weight is 1300 g/mol. The van der Waals surface area contributed by atoms with E-state index in [0.717, 1.165) is 25.7 Å². The van der Waals surface area contributed by atoms with Gasteiger partial charge in [-0.2, -0.15) is 0 Å². The number of hydrogen-bond acceptors (Lipinski definition) is 21. The van der Waals surface area contributed by atoms with Crippen molar-refractivity contribution >= 4 is 59.7 Å². The number of hydrogen-bond donors (Lipinski definition) is 1. The predicted molar refractivity (Wildman–Crippen MR) is 344 cm³/mol. The van der Waals surface area contributed by atoms with Crippen LogP contribution in [0, 0.1) is 71.7 Å². The second-order valence-electron chi connectivity index (χ2n) is 21.7. The minimum Gasteiger partial charge on any atom is -0.466 e. The molecule has 0 saturated heterocycles. The minimum atomic E-state index is -0.481. The second kappa shape index (κ2) is 66.9. The largest absolute Gasteiger partial charge is 0.466 e. The topological polar surface area (TPSA) is 283 Å². The molecule has 21 heteroatoms. The molecule has 0 bridgehead atoms. The Labute approximate surface area is 552 Å². The lowest BCUT2D eigenvalue weighted by Gasteiger charge is -2.07. The summed E-state index contributed by atoms with van der Waals surface area (Å²) in [5, 5.41) is 8.76. The van der Waals surface area contributed by atoms with E-state index < -0.39 is 5.97 Å². The van der Waals surface area contributed by atoms with Crippen molar-refractivity contribution in [1.82, 2.24) is 0 Å². The molecule has 0 unspecified atom stereocenters. The highest BCUT2D eigenvalue weighted by Gasteiger charge is 2.12. The Morgan fingerprint density at radius 2 is 0.387 bits per heavy atom. The van der Waals surface area contributed by atoms with E-state index in [4.69, 9.17) is 58.9 Å². The molecule has 0 fully saturated rings. The van der Waals surface area contributed by atoms with Crippen molar-refractivity contribution in [3.8, 4) is 71.7 Å². The fourth-order valence-corrected chi connectivity index (χ4v) is 8.23. The predicted octanol–water partition coefficient (Wildman–Crippen LogP) is 10.6. The van der Waals surface area contributed by atoms with Crippen LogP contribution in [0.4, 0.5) is 0 Å².